The number of carbonyl (C=O) groups excluding carboxylic acids is 1. The van der Waals surface area contributed by atoms with Gasteiger partial charge in [0.1, 0.15) is 0 Å². The van der Waals surface area contributed by atoms with Crippen LogP contribution in [0.1, 0.15) is 29.0 Å². The minimum Gasteiger partial charge on any atom is -0.447 e. The third-order valence-corrected chi connectivity index (χ3v) is 3.26. The van der Waals surface area contributed by atoms with Crippen LogP contribution in [0, 0.1) is 6.92 Å². The van der Waals surface area contributed by atoms with Crippen molar-refractivity contribution in [2.75, 3.05) is 0 Å². The number of rotatable bonds is 4. The third-order valence-electron chi connectivity index (χ3n) is 3.26. The van der Waals surface area contributed by atoms with Crippen LogP contribution in [-0.2, 0) is 9.53 Å². The van der Waals surface area contributed by atoms with E-state index >= 15 is 0 Å². The molecule has 0 unspecified atom stereocenters. The van der Waals surface area contributed by atoms with Crippen LogP contribution in [0.3, 0.4) is 0 Å². The van der Waals surface area contributed by atoms with E-state index in [2.05, 4.69) is 4.74 Å². The Morgan fingerprint density at radius 2 is 1.52 bits per heavy atom. The number of ether oxygens (including phenoxy) is 1. The van der Waals surface area contributed by atoms with E-state index < -0.39 is 24.4 Å². The molecule has 0 fully saturated rings. The maximum Gasteiger partial charge on any atom is 0.490 e. The van der Waals surface area contributed by atoms with Crippen molar-refractivity contribution in [1.82, 2.24) is 0 Å². The molecule has 0 spiro atoms. The van der Waals surface area contributed by atoms with Crippen LogP contribution in [-0.4, -0.2) is 12.1 Å². The monoisotopic (exact) mass is 326 g/mol. The van der Waals surface area contributed by atoms with E-state index in [1.807, 2.05) is 0 Å². The number of hydrogen-bond acceptors (Lipinski definition) is 2. The van der Waals surface area contributed by atoms with Gasteiger partial charge in [0.05, 0.1) is 0 Å². The number of alkyl halides is 4. The van der Waals surface area contributed by atoms with E-state index in [1.165, 1.54) is 24.3 Å². The van der Waals surface area contributed by atoms with E-state index in [4.69, 9.17) is 0 Å². The summed E-state index contributed by atoms with van der Waals surface area (Å²) in [5, 5.41) is 0. The van der Waals surface area contributed by atoms with Gasteiger partial charge in [-0.05, 0) is 18.1 Å². The highest BCUT2D eigenvalue weighted by atomic mass is 19.4. The molecule has 2 nitrogen and oxygen atoms in total. The van der Waals surface area contributed by atoms with Gasteiger partial charge in [-0.1, -0.05) is 60.2 Å². The van der Waals surface area contributed by atoms with Gasteiger partial charge < -0.3 is 4.74 Å². The first kappa shape index (κ1) is 17.0. The molecule has 0 N–H and O–H groups in total. The van der Waals surface area contributed by atoms with E-state index in [9.17, 15) is 22.4 Å². The minimum atomic E-state index is -5.18. The van der Waals surface area contributed by atoms with E-state index in [0.29, 0.717) is 0 Å². The highest BCUT2D eigenvalue weighted by Crippen LogP contribution is 2.37. The van der Waals surface area contributed by atoms with E-state index in [-0.39, 0.29) is 11.1 Å². The first-order chi connectivity index (χ1) is 10.8. The number of esters is 1. The van der Waals surface area contributed by atoms with Crippen molar-refractivity contribution in [1.29, 1.82) is 0 Å². The van der Waals surface area contributed by atoms with Crippen molar-refractivity contribution < 1.29 is 27.1 Å². The normalized spacial score (nSPS) is 14.1. The Labute approximate surface area is 130 Å². The predicted octanol–water partition coefficient (Wildman–Crippen LogP) is 4.85. The SMILES string of the molecule is Cc1ccc([C@@H](OC(=O)C(F)(F)F)[C@@H](F)c2ccccc2)cc1. The van der Waals surface area contributed by atoms with Crippen molar-refractivity contribution >= 4 is 5.97 Å². The van der Waals surface area contributed by atoms with E-state index in [1.54, 1.807) is 37.3 Å². The second kappa shape index (κ2) is 6.81. The molecular weight excluding hydrogens is 312 g/mol. The molecule has 2 rings (SSSR count). The van der Waals surface area contributed by atoms with Crippen molar-refractivity contribution in [2.45, 2.75) is 25.4 Å². The zero-order valence-electron chi connectivity index (χ0n) is 12.2. The highest BCUT2D eigenvalue weighted by molar-refractivity contribution is 5.76. The standard InChI is InChI=1S/C17H14F4O2/c1-11-7-9-13(10-8-11)15(23-16(22)17(19,20)21)14(18)12-5-3-2-4-6-12/h2-10,14-15H,1H3/t14-,15+/m0/s1. The summed E-state index contributed by atoms with van der Waals surface area (Å²) in [6.45, 7) is 1.78. The van der Waals surface area contributed by atoms with Gasteiger partial charge in [-0.3, -0.25) is 0 Å². The smallest absolute Gasteiger partial charge is 0.447 e. The minimum absolute atomic E-state index is 0.132. The predicted molar refractivity (Wildman–Crippen MR) is 76.4 cm³/mol. The molecule has 2 atom stereocenters. The Bertz CT molecular complexity index is 651. The van der Waals surface area contributed by atoms with Gasteiger partial charge in [-0.25, -0.2) is 9.18 Å². The topological polar surface area (TPSA) is 26.3 Å². The van der Waals surface area contributed by atoms with Gasteiger partial charge in [-0.2, -0.15) is 13.2 Å². The lowest BCUT2D eigenvalue weighted by molar-refractivity contribution is -0.208. The Kier molecular flexibility index (Phi) is 5.03. The largest absolute Gasteiger partial charge is 0.490 e. The Balaban J connectivity index is 2.35. The van der Waals surface area contributed by atoms with Crippen LogP contribution in [0.5, 0.6) is 0 Å². The molecule has 23 heavy (non-hydrogen) atoms. The molecule has 0 aromatic heterocycles. The molecule has 0 aliphatic rings. The van der Waals surface area contributed by atoms with Crippen LogP contribution in [0.2, 0.25) is 0 Å². The summed E-state index contributed by atoms with van der Waals surface area (Å²) in [7, 11) is 0. The van der Waals surface area contributed by atoms with Crippen LogP contribution in [0.25, 0.3) is 0 Å². The van der Waals surface area contributed by atoms with Crippen LogP contribution >= 0.6 is 0 Å². The zero-order chi connectivity index (χ0) is 17.0. The number of aryl methyl sites for hydroxylation is 1. The van der Waals surface area contributed by atoms with Gasteiger partial charge >= 0.3 is 12.1 Å². The van der Waals surface area contributed by atoms with E-state index in [0.717, 1.165) is 5.56 Å². The summed E-state index contributed by atoms with van der Waals surface area (Å²) in [5.41, 5.74) is 1.14. The molecular formula is C17H14F4O2. The summed E-state index contributed by atoms with van der Waals surface area (Å²) in [4.78, 5) is 11.1. The highest BCUT2D eigenvalue weighted by Gasteiger charge is 2.44. The lowest BCUT2D eigenvalue weighted by Gasteiger charge is -2.23. The first-order valence-electron chi connectivity index (χ1n) is 6.82. The fourth-order valence-corrected chi connectivity index (χ4v) is 2.05. The van der Waals surface area contributed by atoms with Gasteiger partial charge in [-0.15, -0.1) is 0 Å². The summed E-state index contributed by atoms with van der Waals surface area (Å²) in [6.07, 6.45) is -8.77. The number of carbonyl (C=O) groups is 1. The first-order valence-corrected chi connectivity index (χ1v) is 6.82. The number of benzene rings is 2. The molecule has 0 saturated heterocycles. The van der Waals surface area contributed by atoms with Crippen LogP contribution in [0.4, 0.5) is 17.6 Å². The fraction of sp³-hybridized carbons (Fsp3) is 0.235. The Morgan fingerprint density at radius 1 is 0.957 bits per heavy atom. The van der Waals surface area contributed by atoms with Gasteiger partial charge in [0.25, 0.3) is 0 Å². The van der Waals surface area contributed by atoms with Crippen LogP contribution < -0.4 is 0 Å². The van der Waals surface area contributed by atoms with Crippen molar-refractivity contribution in [3.05, 3.63) is 71.3 Å². The third kappa shape index (κ3) is 4.31. The Hall–Kier alpha value is -2.37. The lowest BCUT2D eigenvalue weighted by Crippen LogP contribution is -2.28. The van der Waals surface area contributed by atoms with Gasteiger partial charge in [0.2, 0.25) is 0 Å². The molecule has 0 heterocycles. The summed E-state index contributed by atoms with van der Waals surface area (Å²) < 4.78 is 56.5. The average molecular weight is 326 g/mol. The fourth-order valence-electron chi connectivity index (χ4n) is 2.05. The molecule has 0 aliphatic carbocycles. The molecule has 6 heteroatoms. The molecule has 0 bridgehead atoms. The lowest BCUT2D eigenvalue weighted by atomic mass is 9.98. The maximum absolute atomic E-state index is 14.7. The second-order valence-electron chi connectivity index (χ2n) is 5.05. The van der Waals surface area contributed by atoms with Crippen molar-refractivity contribution in [2.24, 2.45) is 0 Å². The Morgan fingerprint density at radius 3 is 2.04 bits per heavy atom. The summed E-state index contributed by atoms with van der Waals surface area (Å²) >= 11 is 0. The molecule has 0 radical (unpaired) electrons. The molecule has 122 valence electrons. The average Bonchev–Trinajstić information content (AvgIpc) is 2.52. The van der Waals surface area contributed by atoms with Crippen LogP contribution in [0.15, 0.2) is 54.6 Å². The molecule has 2 aromatic rings. The number of halogens is 4. The summed E-state index contributed by atoms with van der Waals surface area (Å²) in [5.74, 6) is -2.42. The molecule has 0 amide bonds. The molecule has 0 aliphatic heterocycles. The number of hydrogen-bond donors (Lipinski definition) is 0. The molecule has 0 saturated carbocycles. The quantitative estimate of drug-likeness (QED) is 0.593. The molecule has 2 aromatic carbocycles. The van der Waals surface area contributed by atoms with Crippen molar-refractivity contribution in [3.63, 3.8) is 0 Å². The zero-order valence-corrected chi connectivity index (χ0v) is 12.2. The summed E-state index contributed by atoms with van der Waals surface area (Å²) in [6, 6.07) is 13.7. The second-order valence-corrected chi connectivity index (χ2v) is 5.05. The maximum atomic E-state index is 14.7. The van der Waals surface area contributed by atoms with Crippen molar-refractivity contribution in [3.8, 4) is 0 Å². The van der Waals surface area contributed by atoms with Gasteiger partial charge in [0.15, 0.2) is 12.3 Å². The van der Waals surface area contributed by atoms with Gasteiger partial charge in [0, 0.05) is 0 Å².